The second kappa shape index (κ2) is 10.3. The van der Waals surface area contributed by atoms with Crippen LogP contribution in [0.5, 0.6) is 5.75 Å². The lowest BCUT2D eigenvalue weighted by atomic mass is 10.0. The van der Waals surface area contributed by atoms with Gasteiger partial charge in [0.05, 0.1) is 24.1 Å². The molecule has 0 saturated carbocycles. The molecule has 0 bridgehead atoms. The molecule has 196 valence electrons. The Kier molecular flexibility index (Phi) is 6.70. The van der Waals surface area contributed by atoms with Crippen molar-refractivity contribution in [1.29, 1.82) is 0 Å². The van der Waals surface area contributed by atoms with E-state index in [1.807, 2.05) is 55.5 Å². The highest BCUT2D eigenvalue weighted by atomic mass is 32.2. The average Bonchev–Trinajstić information content (AvgIpc) is 3.22. The maximum atomic E-state index is 13.9. The number of anilines is 2. The number of benzene rings is 2. The van der Waals surface area contributed by atoms with Gasteiger partial charge in [0.25, 0.3) is 11.5 Å². The maximum Gasteiger partial charge on any atom is 0.267 e. The standard InChI is InChI=1S/C30H26N4O3S2/c1-19-7-5-16-33-26(19)31-27(32-15-6-9-21-8-3-4-10-24(21)32)23(28(33)35)17-25-29(36)34(30(38)39-25)18-20-11-13-22(37-2)14-12-20/h3-5,7-8,10-14,16-17H,6,9,15,18H2,1-2H3/b25-17+. The van der Waals surface area contributed by atoms with Crippen LogP contribution in [0.2, 0.25) is 0 Å². The van der Waals surface area contributed by atoms with Crippen molar-refractivity contribution in [3.8, 4) is 5.75 Å². The van der Waals surface area contributed by atoms with Crippen LogP contribution in [0.15, 0.2) is 76.6 Å². The number of hydrogen-bond acceptors (Lipinski definition) is 7. The molecule has 1 fully saturated rings. The highest BCUT2D eigenvalue weighted by Gasteiger charge is 2.33. The Morgan fingerprint density at radius 1 is 1.08 bits per heavy atom. The quantitative estimate of drug-likeness (QED) is 0.239. The van der Waals surface area contributed by atoms with Gasteiger partial charge in [-0.15, -0.1) is 0 Å². The summed E-state index contributed by atoms with van der Waals surface area (Å²) >= 11 is 6.80. The van der Waals surface area contributed by atoms with Crippen molar-refractivity contribution < 1.29 is 9.53 Å². The van der Waals surface area contributed by atoms with Gasteiger partial charge in [-0.2, -0.15) is 0 Å². The number of para-hydroxylation sites is 1. The number of fused-ring (bicyclic) bond motifs is 2. The zero-order valence-electron chi connectivity index (χ0n) is 21.6. The highest BCUT2D eigenvalue weighted by Crippen LogP contribution is 2.37. The molecule has 0 N–H and O–H groups in total. The molecule has 0 aliphatic carbocycles. The third-order valence-electron chi connectivity index (χ3n) is 7.08. The third kappa shape index (κ3) is 4.62. The van der Waals surface area contributed by atoms with Gasteiger partial charge in [0, 0.05) is 18.4 Å². The van der Waals surface area contributed by atoms with Crippen LogP contribution in [0.1, 0.15) is 28.7 Å². The molecule has 4 aromatic rings. The van der Waals surface area contributed by atoms with Gasteiger partial charge in [-0.1, -0.05) is 60.4 Å². The third-order valence-corrected chi connectivity index (χ3v) is 8.46. The first-order chi connectivity index (χ1) is 18.9. The fourth-order valence-electron chi connectivity index (χ4n) is 5.07. The summed E-state index contributed by atoms with van der Waals surface area (Å²) in [7, 11) is 1.62. The molecule has 0 atom stereocenters. The molecule has 2 aliphatic rings. The van der Waals surface area contributed by atoms with E-state index in [0.717, 1.165) is 42.0 Å². The Morgan fingerprint density at radius 3 is 2.67 bits per heavy atom. The Morgan fingerprint density at radius 2 is 1.87 bits per heavy atom. The van der Waals surface area contributed by atoms with Gasteiger partial charge in [-0.05, 0) is 66.8 Å². The first-order valence-electron chi connectivity index (χ1n) is 12.7. The van der Waals surface area contributed by atoms with Crippen molar-refractivity contribution in [2.45, 2.75) is 26.3 Å². The van der Waals surface area contributed by atoms with E-state index < -0.39 is 0 Å². The number of thioether (sulfide) groups is 1. The van der Waals surface area contributed by atoms with Gasteiger partial charge in [0.1, 0.15) is 21.5 Å². The number of hydrogen-bond donors (Lipinski definition) is 0. The molecule has 4 heterocycles. The summed E-state index contributed by atoms with van der Waals surface area (Å²) in [6, 6.07) is 19.5. The number of pyridine rings is 1. The zero-order chi connectivity index (χ0) is 27.1. The smallest absolute Gasteiger partial charge is 0.267 e. The van der Waals surface area contributed by atoms with Crippen molar-refractivity contribution in [2.24, 2.45) is 0 Å². The molecule has 7 nitrogen and oxygen atoms in total. The van der Waals surface area contributed by atoms with E-state index in [1.165, 1.54) is 17.3 Å². The molecule has 6 rings (SSSR count). The molecule has 0 radical (unpaired) electrons. The minimum atomic E-state index is -0.223. The molecular weight excluding hydrogens is 528 g/mol. The Bertz CT molecular complexity index is 1710. The number of aryl methyl sites for hydroxylation is 2. The van der Waals surface area contributed by atoms with Crippen LogP contribution < -0.4 is 15.2 Å². The molecule has 0 spiro atoms. The average molecular weight is 555 g/mol. The van der Waals surface area contributed by atoms with E-state index >= 15 is 0 Å². The lowest BCUT2D eigenvalue weighted by Crippen LogP contribution is -2.30. The summed E-state index contributed by atoms with van der Waals surface area (Å²) in [5, 5.41) is 0. The van der Waals surface area contributed by atoms with Gasteiger partial charge < -0.3 is 9.64 Å². The van der Waals surface area contributed by atoms with E-state index in [4.69, 9.17) is 21.9 Å². The van der Waals surface area contributed by atoms with Gasteiger partial charge in [-0.25, -0.2) is 4.98 Å². The second-order valence-corrected chi connectivity index (χ2v) is 11.2. The molecule has 2 aromatic heterocycles. The van der Waals surface area contributed by atoms with E-state index in [9.17, 15) is 9.59 Å². The summed E-state index contributed by atoms with van der Waals surface area (Å²) in [6.45, 7) is 3.01. The number of amides is 1. The largest absolute Gasteiger partial charge is 0.497 e. The van der Waals surface area contributed by atoms with Crippen LogP contribution in [0.3, 0.4) is 0 Å². The highest BCUT2D eigenvalue weighted by molar-refractivity contribution is 8.26. The summed E-state index contributed by atoms with van der Waals surface area (Å²) in [5.74, 6) is 1.08. The normalized spacial score (nSPS) is 16.3. The van der Waals surface area contributed by atoms with Crippen LogP contribution in [-0.2, 0) is 17.8 Å². The van der Waals surface area contributed by atoms with Crippen molar-refractivity contribution in [3.05, 3.63) is 104 Å². The molecule has 2 aromatic carbocycles. The van der Waals surface area contributed by atoms with E-state index in [1.54, 1.807) is 28.7 Å². The number of rotatable bonds is 5. The van der Waals surface area contributed by atoms with E-state index in [-0.39, 0.29) is 11.5 Å². The van der Waals surface area contributed by atoms with Gasteiger partial charge in [0.15, 0.2) is 0 Å². The summed E-state index contributed by atoms with van der Waals surface area (Å²) in [6.07, 6.45) is 5.30. The number of thiocarbonyl (C=S) groups is 1. The van der Waals surface area contributed by atoms with Gasteiger partial charge in [0.2, 0.25) is 0 Å². The van der Waals surface area contributed by atoms with Crippen LogP contribution in [0, 0.1) is 6.92 Å². The minimum Gasteiger partial charge on any atom is -0.497 e. The minimum absolute atomic E-state index is 0.220. The predicted molar refractivity (Wildman–Crippen MR) is 160 cm³/mol. The van der Waals surface area contributed by atoms with Crippen LogP contribution in [0.25, 0.3) is 11.7 Å². The topological polar surface area (TPSA) is 67.2 Å². The van der Waals surface area contributed by atoms with Crippen LogP contribution in [0.4, 0.5) is 11.5 Å². The molecule has 39 heavy (non-hydrogen) atoms. The fraction of sp³-hybridized carbons (Fsp3) is 0.200. The Balaban J connectivity index is 1.45. The van der Waals surface area contributed by atoms with Crippen molar-refractivity contribution in [1.82, 2.24) is 14.3 Å². The summed E-state index contributed by atoms with van der Waals surface area (Å²) in [5.41, 5.74) is 4.84. The fourth-order valence-corrected chi connectivity index (χ4v) is 6.30. The number of carbonyl (C=O) groups is 1. The van der Waals surface area contributed by atoms with Crippen LogP contribution >= 0.6 is 24.0 Å². The number of aromatic nitrogens is 2. The number of nitrogens with zero attached hydrogens (tertiary/aromatic N) is 4. The predicted octanol–water partition coefficient (Wildman–Crippen LogP) is 5.50. The molecule has 0 unspecified atom stereocenters. The number of methoxy groups -OCH3 is 1. The first kappa shape index (κ1) is 25.3. The van der Waals surface area contributed by atoms with E-state index in [2.05, 4.69) is 17.0 Å². The lowest BCUT2D eigenvalue weighted by Gasteiger charge is -2.31. The molecule has 1 saturated heterocycles. The monoisotopic (exact) mass is 554 g/mol. The number of ether oxygens (including phenoxy) is 1. The molecular formula is C30H26N4O3S2. The van der Waals surface area contributed by atoms with Crippen molar-refractivity contribution in [2.75, 3.05) is 18.6 Å². The zero-order valence-corrected chi connectivity index (χ0v) is 23.2. The lowest BCUT2D eigenvalue weighted by molar-refractivity contribution is -0.122. The molecule has 1 amide bonds. The molecule has 2 aliphatic heterocycles. The maximum absolute atomic E-state index is 13.9. The number of carbonyl (C=O) groups excluding carboxylic acids is 1. The second-order valence-electron chi connectivity index (χ2n) is 9.54. The van der Waals surface area contributed by atoms with Crippen molar-refractivity contribution >= 4 is 57.4 Å². The SMILES string of the molecule is COc1ccc(CN2C(=O)/C(=C\c3c(N4CCCc5ccccc54)nc4c(C)cccn4c3=O)SC2=S)cc1. The van der Waals surface area contributed by atoms with Crippen LogP contribution in [-0.4, -0.2) is 38.2 Å². The Labute approximate surface area is 235 Å². The summed E-state index contributed by atoms with van der Waals surface area (Å²) < 4.78 is 7.25. The first-order valence-corrected chi connectivity index (χ1v) is 13.9. The Hall–Kier alpha value is -3.95. The summed E-state index contributed by atoms with van der Waals surface area (Å²) in [4.78, 5) is 36.6. The van der Waals surface area contributed by atoms with Gasteiger partial charge in [-0.3, -0.25) is 18.9 Å². The van der Waals surface area contributed by atoms with Gasteiger partial charge >= 0.3 is 0 Å². The van der Waals surface area contributed by atoms with Crippen molar-refractivity contribution in [3.63, 3.8) is 0 Å². The molecule has 9 heteroatoms. The van der Waals surface area contributed by atoms with E-state index in [0.29, 0.717) is 32.8 Å².